The SMILES string of the molecule is [NH2+]=Cc1cc(Nc2ncnc3ccc(-c4ccn(CC5CO5)c4)cc23)ccc1NCc1cccc(F)c1. The second kappa shape index (κ2) is 9.83. The normalized spacial score (nSPS) is 14.5. The number of fused-ring (bicyclic) bond motifs is 1. The molecule has 0 saturated carbocycles. The maximum Gasteiger partial charge on any atom is 0.169 e. The van der Waals surface area contributed by atoms with Gasteiger partial charge in [-0.25, -0.2) is 14.4 Å². The number of aromatic nitrogens is 3. The molecule has 8 heteroatoms. The van der Waals surface area contributed by atoms with Crippen molar-refractivity contribution in [3.05, 3.63) is 102 Å². The molecule has 1 unspecified atom stereocenters. The molecule has 1 fully saturated rings. The van der Waals surface area contributed by atoms with E-state index in [-0.39, 0.29) is 5.82 Å². The Hall–Kier alpha value is -4.56. The first-order chi connectivity index (χ1) is 18.1. The first-order valence-corrected chi connectivity index (χ1v) is 12.1. The van der Waals surface area contributed by atoms with Crippen molar-refractivity contribution >= 4 is 34.3 Å². The molecule has 0 bridgehead atoms. The van der Waals surface area contributed by atoms with Crippen LogP contribution in [0.3, 0.4) is 0 Å². The molecule has 0 aliphatic carbocycles. The molecule has 4 N–H and O–H groups in total. The molecule has 6 rings (SSSR count). The van der Waals surface area contributed by atoms with E-state index in [9.17, 15) is 4.39 Å². The first-order valence-electron chi connectivity index (χ1n) is 12.1. The Morgan fingerprint density at radius 1 is 1.05 bits per heavy atom. The van der Waals surface area contributed by atoms with Crippen molar-refractivity contribution in [2.24, 2.45) is 0 Å². The smallest absolute Gasteiger partial charge is 0.169 e. The quantitative estimate of drug-likeness (QED) is 0.212. The number of nitrogens with one attached hydrogen (secondary N) is 2. The van der Waals surface area contributed by atoms with Crippen molar-refractivity contribution in [3.63, 3.8) is 0 Å². The highest BCUT2D eigenvalue weighted by Crippen LogP contribution is 2.30. The predicted octanol–water partition coefficient (Wildman–Crippen LogP) is 4.17. The Kier molecular flexibility index (Phi) is 6.08. The van der Waals surface area contributed by atoms with Gasteiger partial charge in [0.1, 0.15) is 18.0 Å². The molecule has 1 aliphatic rings. The number of hydrogen-bond donors (Lipinski definition) is 3. The zero-order valence-corrected chi connectivity index (χ0v) is 20.1. The van der Waals surface area contributed by atoms with E-state index in [1.807, 2.05) is 30.3 Å². The number of ether oxygens (including phenoxy) is 1. The van der Waals surface area contributed by atoms with Gasteiger partial charge in [-0.05, 0) is 65.2 Å². The molecule has 7 nitrogen and oxygen atoms in total. The van der Waals surface area contributed by atoms with Crippen molar-refractivity contribution in [2.45, 2.75) is 19.2 Å². The summed E-state index contributed by atoms with van der Waals surface area (Å²) in [4.78, 5) is 8.96. The topological polar surface area (TPSA) is 92.9 Å². The molecule has 3 aromatic carbocycles. The van der Waals surface area contributed by atoms with Gasteiger partial charge in [-0.2, -0.15) is 0 Å². The maximum atomic E-state index is 13.5. The van der Waals surface area contributed by atoms with Gasteiger partial charge in [-0.3, -0.25) is 5.41 Å². The third-order valence-electron chi connectivity index (χ3n) is 6.40. The lowest BCUT2D eigenvalue weighted by molar-refractivity contribution is -0.104. The lowest BCUT2D eigenvalue weighted by Crippen LogP contribution is -2.30. The summed E-state index contributed by atoms with van der Waals surface area (Å²) in [6.07, 6.45) is 7.66. The molecule has 1 aliphatic heterocycles. The molecule has 1 atom stereocenters. The molecule has 0 spiro atoms. The summed E-state index contributed by atoms with van der Waals surface area (Å²) >= 11 is 0. The number of benzene rings is 3. The van der Waals surface area contributed by atoms with Crippen LogP contribution in [-0.4, -0.2) is 33.5 Å². The molecule has 1 saturated heterocycles. The number of rotatable bonds is 9. The van der Waals surface area contributed by atoms with Crippen molar-refractivity contribution in [1.82, 2.24) is 14.5 Å². The lowest BCUT2D eigenvalue weighted by atomic mass is 10.1. The average molecular weight is 494 g/mol. The molecule has 3 heterocycles. The van der Waals surface area contributed by atoms with Gasteiger partial charge in [0.2, 0.25) is 0 Å². The first kappa shape index (κ1) is 22.9. The van der Waals surface area contributed by atoms with Gasteiger partial charge in [-0.15, -0.1) is 0 Å². The number of epoxide rings is 1. The van der Waals surface area contributed by atoms with E-state index in [0.29, 0.717) is 18.5 Å². The van der Waals surface area contributed by atoms with Gasteiger partial charge >= 0.3 is 0 Å². The second-order valence-corrected chi connectivity index (χ2v) is 9.08. The lowest BCUT2D eigenvalue weighted by Gasteiger charge is -2.13. The molecule has 184 valence electrons. The number of halogens is 1. The molecular formula is C29H26FN6O+. The van der Waals surface area contributed by atoms with Crippen LogP contribution in [0.5, 0.6) is 0 Å². The van der Waals surface area contributed by atoms with E-state index in [0.717, 1.165) is 57.7 Å². The Balaban J connectivity index is 1.24. The van der Waals surface area contributed by atoms with Crippen LogP contribution in [0, 0.1) is 5.82 Å². The fourth-order valence-electron chi connectivity index (χ4n) is 4.39. The highest BCUT2D eigenvalue weighted by atomic mass is 19.1. The fourth-order valence-corrected chi connectivity index (χ4v) is 4.39. The summed E-state index contributed by atoms with van der Waals surface area (Å²) in [6, 6.07) is 20.7. The van der Waals surface area contributed by atoms with Crippen LogP contribution in [0.15, 0.2) is 85.5 Å². The molecule has 0 radical (unpaired) electrons. The number of nitrogens with two attached hydrogens (primary N) is 1. The van der Waals surface area contributed by atoms with Gasteiger partial charge in [0.15, 0.2) is 6.21 Å². The van der Waals surface area contributed by atoms with Crippen LogP contribution in [0.2, 0.25) is 0 Å². The second-order valence-electron chi connectivity index (χ2n) is 9.08. The summed E-state index contributed by atoms with van der Waals surface area (Å²) < 4.78 is 21.0. The number of nitrogens with zero attached hydrogens (tertiary/aromatic N) is 3. The van der Waals surface area contributed by atoms with Gasteiger partial charge in [0, 0.05) is 35.7 Å². The predicted molar refractivity (Wildman–Crippen MR) is 143 cm³/mol. The van der Waals surface area contributed by atoms with E-state index in [4.69, 9.17) is 10.1 Å². The summed E-state index contributed by atoms with van der Waals surface area (Å²) in [6.45, 7) is 2.20. The number of hydrogen-bond acceptors (Lipinski definition) is 5. The monoisotopic (exact) mass is 493 g/mol. The van der Waals surface area contributed by atoms with Crippen molar-refractivity contribution in [3.8, 4) is 11.1 Å². The third-order valence-corrected chi connectivity index (χ3v) is 6.40. The molecule has 37 heavy (non-hydrogen) atoms. The number of anilines is 3. The Morgan fingerprint density at radius 2 is 1.97 bits per heavy atom. The van der Waals surface area contributed by atoms with Crippen molar-refractivity contribution < 1.29 is 14.5 Å². The van der Waals surface area contributed by atoms with Gasteiger partial charge < -0.3 is 19.9 Å². The van der Waals surface area contributed by atoms with Crippen LogP contribution < -0.4 is 16.0 Å². The largest absolute Gasteiger partial charge is 0.380 e. The molecule has 0 amide bonds. The van der Waals surface area contributed by atoms with Crippen molar-refractivity contribution in [2.75, 3.05) is 17.2 Å². The Morgan fingerprint density at radius 3 is 2.81 bits per heavy atom. The summed E-state index contributed by atoms with van der Waals surface area (Å²) in [5.74, 6) is 0.455. The van der Waals surface area contributed by atoms with Crippen LogP contribution >= 0.6 is 0 Å². The summed E-state index contributed by atoms with van der Waals surface area (Å²) in [7, 11) is 0. The zero-order valence-electron chi connectivity index (χ0n) is 20.1. The summed E-state index contributed by atoms with van der Waals surface area (Å²) in [5, 5.41) is 13.6. The van der Waals surface area contributed by atoms with Crippen LogP contribution in [0.1, 0.15) is 11.1 Å². The average Bonchev–Trinajstić information content (AvgIpc) is 3.61. The van der Waals surface area contributed by atoms with Gasteiger partial charge in [0.05, 0.1) is 30.3 Å². The molecule has 5 aromatic rings. The van der Waals surface area contributed by atoms with E-state index >= 15 is 0 Å². The van der Waals surface area contributed by atoms with Crippen LogP contribution in [-0.2, 0) is 17.8 Å². The van der Waals surface area contributed by atoms with Crippen LogP contribution in [0.4, 0.5) is 21.6 Å². The summed E-state index contributed by atoms with van der Waals surface area (Å²) in [5.41, 5.74) is 6.44. The van der Waals surface area contributed by atoms with Gasteiger partial charge in [0.25, 0.3) is 0 Å². The van der Waals surface area contributed by atoms with E-state index < -0.39 is 0 Å². The highest BCUT2D eigenvalue weighted by Gasteiger charge is 2.22. The Labute approximate surface area is 213 Å². The third kappa shape index (κ3) is 5.19. The minimum Gasteiger partial charge on any atom is -0.380 e. The zero-order chi connectivity index (χ0) is 25.2. The Bertz CT molecular complexity index is 1590. The van der Waals surface area contributed by atoms with E-state index in [2.05, 4.69) is 55.8 Å². The van der Waals surface area contributed by atoms with Crippen molar-refractivity contribution in [1.29, 1.82) is 0 Å². The van der Waals surface area contributed by atoms with Crippen LogP contribution in [0.25, 0.3) is 22.0 Å². The van der Waals surface area contributed by atoms with E-state index in [1.54, 1.807) is 18.6 Å². The van der Waals surface area contributed by atoms with E-state index in [1.165, 1.54) is 12.1 Å². The fraction of sp³-hybridized carbons (Fsp3) is 0.138. The molecular weight excluding hydrogens is 467 g/mol. The van der Waals surface area contributed by atoms with Gasteiger partial charge in [-0.1, -0.05) is 18.2 Å². The standard InChI is InChI=1S/C29H25FN6O/c30-23-3-1-2-19(10-23)14-32-27-7-5-24(11-22(27)13-31)35-29-26-12-20(4-6-28(26)33-18-34-29)21-8-9-36(15-21)16-25-17-37-25/h1-13,15,18,25,31-32H,14,16-17H2,(H,33,34,35)/p+1. The maximum absolute atomic E-state index is 13.5. The highest BCUT2D eigenvalue weighted by molar-refractivity contribution is 5.94. The molecule has 2 aromatic heterocycles. The minimum atomic E-state index is -0.255. The minimum absolute atomic E-state index is 0.255.